The number of ether oxygens (including phenoxy) is 2. The maximum absolute atomic E-state index is 13.8. The normalized spacial score (nSPS) is 13.6. The summed E-state index contributed by atoms with van der Waals surface area (Å²) in [5, 5.41) is 0. The Morgan fingerprint density at radius 3 is 0.774 bits per heavy atom. The number of hydrogen-bond acceptors (Lipinski definition) is 8. The Labute approximate surface area is 873 Å². The van der Waals surface area contributed by atoms with Gasteiger partial charge in [0, 0.05) is 55.4 Å². The molecule has 0 spiro atoms. The average Bonchev–Trinajstić information content (AvgIpc) is 1.59. The lowest BCUT2D eigenvalue weighted by molar-refractivity contribution is -0.149. The molecular formula is C134H164N8O4. The van der Waals surface area contributed by atoms with Gasteiger partial charge in [-0.2, -0.15) is 0 Å². The van der Waals surface area contributed by atoms with E-state index in [0.29, 0.717) is 0 Å². The molecule has 764 valence electrons. The molecule has 0 aliphatic carbocycles. The third-order valence-electron chi connectivity index (χ3n) is 31.3. The number of nitrogens with zero attached hydrogens (tertiary/aromatic N) is 4. The molecule has 12 heteroatoms. The molecule has 4 aromatic carbocycles. The van der Waals surface area contributed by atoms with Crippen LogP contribution in [0.5, 0.6) is 0 Å². The second-order valence-corrected chi connectivity index (χ2v) is 42.0. The lowest BCUT2D eigenvalue weighted by atomic mass is 9.93. The fourth-order valence-corrected chi connectivity index (χ4v) is 22.8. The second-order valence-electron chi connectivity index (χ2n) is 42.0. The summed E-state index contributed by atoms with van der Waals surface area (Å²) in [6.45, 7) is 37.2. The predicted molar refractivity (Wildman–Crippen MR) is 622 cm³/mol. The highest BCUT2D eigenvalue weighted by molar-refractivity contribution is 6.07. The van der Waals surface area contributed by atoms with E-state index in [9.17, 15) is 9.59 Å². The highest BCUT2D eigenvalue weighted by Gasteiger charge is 2.32. The maximum Gasteiger partial charge on any atom is 0.306 e. The van der Waals surface area contributed by atoms with Crippen molar-refractivity contribution in [1.29, 1.82) is 0 Å². The van der Waals surface area contributed by atoms with Gasteiger partial charge in [0.1, 0.15) is 13.2 Å². The number of esters is 2. The first kappa shape index (κ1) is 108. The van der Waals surface area contributed by atoms with Crippen LogP contribution in [0.1, 0.15) is 439 Å². The molecule has 146 heavy (non-hydrogen) atoms. The van der Waals surface area contributed by atoms with E-state index in [1.807, 2.05) is 24.3 Å². The number of nitrogens with one attached hydrogen (secondary N) is 4. The van der Waals surface area contributed by atoms with Crippen LogP contribution >= 0.6 is 0 Å². The van der Waals surface area contributed by atoms with E-state index in [1.165, 1.54) is 140 Å². The number of aryl methyl sites for hydroxylation is 8. The fourth-order valence-electron chi connectivity index (χ4n) is 22.8. The maximum atomic E-state index is 13.8. The third-order valence-corrected chi connectivity index (χ3v) is 31.3. The number of aromatic nitrogens is 8. The Balaban J connectivity index is 0.997. The van der Waals surface area contributed by atoms with Crippen LogP contribution < -0.4 is 0 Å². The van der Waals surface area contributed by atoms with E-state index < -0.39 is 11.9 Å². The van der Waals surface area contributed by atoms with Gasteiger partial charge in [0.2, 0.25) is 0 Å². The van der Waals surface area contributed by atoms with E-state index in [0.717, 1.165) is 362 Å². The number of hydrogen-bond donors (Lipinski definition) is 4. The molecule has 14 heterocycles. The number of carbonyl (C=O) groups excluding carboxylic acids is 2. The summed E-state index contributed by atoms with van der Waals surface area (Å²) in [7, 11) is 0. The molecule has 18 rings (SSSR count). The zero-order valence-electron chi connectivity index (χ0n) is 91.4. The number of rotatable bonds is 40. The predicted octanol–water partition coefficient (Wildman–Crippen LogP) is 37.3. The zero-order valence-corrected chi connectivity index (χ0v) is 91.4. The van der Waals surface area contributed by atoms with Gasteiger partial charge in [-0.1, -0.05) is 294 Å². The monoisotopic (exact) mass is 1950 g/mol. The van der Waals surface area contributed by atoms with Crippen molar-refractivity contribution in [1.82, 2.24) is 39.9 Å². The highest BCUT2D eigenvalue weighted by Crippen LogP contribution is 2.50. The van der Waals surface area contributed by atoms with Crippen LogP contribution in [-0.4, -0.2) is 65.0 Å². The SMILES string of the molecule is CCCCCCC1=C(C)c2nc1cc1[nH]c(c(C)c1CCCCCC)c1c3nc(cc4[nH]c(c(C)c4CCCCCC)c2-c2cccc(c2)C=CCOC(=O)CCC(=O)OCC=Cc2cccc(c2)-c2c4nc(cc5[nH]c(c(C)c5CCCCCC)c(c5nc(cc6[nH]c2c(C)c6CCCCCC)C(CCCCCC)=C5C)-c2cccc(c2)C#CC#Cc2cccc-1c2)C(CCCCCC)=C4C)C(CCCCCC)=C3C. The van der Waals surface area contributed by atoms with Gasteiger partial charge in [-0.3, -0.25) is 9.59 Å². The number of H-pyrrole nitrogens is 4. The molecule has 0 amide bonds. The molecule has 0 atom stereocenters. The molecule has 0 unspecified atom stereocenters. The zero-order chi connectivity index (χ0) is 103. The van der Waals surface area contributed by atoms with Crippen molar-refractivity contribution in [2.24, 2.45) is 0 Å². The van der Waals surface area contributed by atoms with E-state index in [4.69, 9.17) is 29.4 Å². The Morgan fingerprint density at radius 1 is 0.281 bits per heavy atom. The molecule has 0 radical (unpaired) electrons. The Morgan fingerprint density at radius 2 is 0.521 bits per heavy atom. The first-order valence-corrected chi connectivity index (χ1v) is 56.8. The summed E-state index contributed by atoms with van der Waals surface area (Å²) in [5.74, 6) is 13.3. The summed E-state index contributed by atoms with van der Waals surface area (Å²) in [4.78, 5) is 68.8. The van der Waals surface area contributed by atoms with Crippen molar-refractivity contribution < 1.29 is 19.1 Å². The minimum absolute atomic E-state index is 0.0327. The Hall–Kier alpha value is -12.4. The standard InChI is InChI=1S/C134H164N8O4/c1-17-25-33-41-69-105-89(9)127-123-101-65-51-59-97(81-101)57-49-50-58-98-60-52-66-102(82-98)124-129-91(11)107(71-43-35-27-19-3)115(137-129)87-119-111(75-47-39-31-23-7)95(15)133(141-119)126(134-96(16)112(76-48-40-32-24-8)120(142-134)88-116-108(72-44-36-28-20-4)92(12)130(124)138-116)104-68-54-62-100(84-104)64-56-80-146-122(144)78-77-121(143)145-79-55-63-99-61-53-67-103(83-99)125(131-93(13)109(73-45-37-29-21-5)117(139-131)85-113(105)135-127)132-94(14)110(74-46-38-30-22-6)118(140-132)86-114-106(70-42-34-26-18-2)90(10)128(123)136-114/h51-56,59-68,81-88,135,137,140,142H,17-48,69-80H2,1-16H3. The quantitative estimate of drug-likeness (QED) is 0.0167. The molecule has 6 aromatic heterocycles. The lowest BCUT2D eigenvalue weighted by Crippen LogP contribution is -2.10. The van der Waals surface area contributed by atoms with Gasteiger partial charge in [0.25, 0.3) is 0 Å². The second kappa shape index (κ2) is 53.3. The lowest BCUT2D eigenvalue weighted by Gasteiger charge is -2.10. The van der Waals surface area contributed by atoms with Gasteiger partial charge in [0.15, 0.2) is 0 Å². The average molecular weight is 1950 g/mol. The van der Waals surface area contributed by atoms with Gasteiger partial charge in [0.05, 0.1) is 80.5 Å². The van der Waals surface area contributed by atoms with Crippen molar-refractivity contribution in [3.05, 3.63) is 246 Å². The van der Waals surface area contributed by atoms with E-state index in [1.54, 1.807) is 0 Å². The molecule has 8 aliphatic rings. The molecular weight excluding hydrogens is 1790 g/mol. The molecule has 10 aromatic rings. The van der Waals surface area contributed by atoms with Crippen LogP contribution in [-0.2, 0) is 44.7 Å². The van der Waals surface area contributed by atoms with Crippen molar-refractivity contribution in [2.75, 3.05) is 13.2 Å². The van der Waals surface area contributed by atoms with Crippen LogP contribution in [0.15, 0.2) is 133 Å². The first-order chi connectivity index (χ1) is 71.3. The highest BCUT2D eigenvalue weighted by atomic mass is 16.5. The molecule has 0 saturated heterocycles. The summed E-state index contributed by atoms with van der Waals surface area (Å²) in [5.41, 5.74) is 48.7. The van der Waals surface area contributed by atoms with Gasteiger partial charge >= 0.3 is 11.9 Å². The molecule has 0 saturated carbocycles. The van der Waals surface area contributed by atoms with Crippen molar-refractivity contribution in [3.8, 4) is 68.2 Å². The molecule has 0 fully saturated rings. The molecule has 28 bridgehead atoms. The van der Waals surface area contributed by atoms with Crippen LogP contribution in [0.2, 0.25) is 0 Å². The van der Waals surface area contributed by atoms with Crippen LogP contribution in [0.3, 0.4) is 0 Å². The Bertz CT molecular complexity index is 6660. The van der Waals surface area contributed by atoms with Crippen molar-refractivity contribution in [2.45, 2.75) is 380 Å². The fraction of sp³-hybridized carbons (Fsp3) is 0.448. The Kier molecular flexibility index (Phi) is 39.4. The van der Waals surface area contributed by atoms with Gasteiger partial charge in [-0.25, -0.2) is 19.9 Å². The number of benzene rings is 4. The molecule has 4 N–H and O–H groups in total. The number of unbranched alkanes of at least 4 members (excludes halogenated alkanes) is 24. The summed E-state index contributed by atoms with van der Waals surface area (Å²) < 4.78 is 11.8. The van der Waals surface area contributed by atoms with E-state index >= 15 is 0 Å². The van der Waals surface area contributed by atoms with Gasteiger partial charge in [-0.15, -0.1) is 0 Å². The van der Waals surface area contributed by atoms with Crippen molar-refractivity contribution in [3.63, 3.8) is 0 Å². The smallest absolute Gasteiger partial charge is 0.306 e. The topological polar surface area (TPSA) is 167 Å². The molecule has 8 aliphatic heterocycles. The van der Waals surface area contributed by atoms with Gasteiger partial charge in [-0.05, 0) is 365 Å². The van der Waals surface area contributed by atoms with E-state index in [2.05, 4.69) is 276 Å². The van der Waals surface area contributed by atoms with Crippen molar-refractivity contribution >= 4 is 113 Å². The number of aromatic amines is 4. The first-order valence-electron chi connectivity index (χ1n) is 56.8. The minimum Gasteiger partial charge on any atom is -0.461 e. The molecule has 12 nitrogen and oxygen atoms in total. The summed E-state index contributed by atoms with van der Waals surface area (Å²) in [6.07, 6.45) is 50.9. The largest absolute Gasteiger partial charge is 0.461 e. The summed E-state index contributed by atoms with van der Waals surface area (Å²) in [6, 6.07) is 45.0. The summed E-state index contributed by atoms with van der Waals surface area (Å²) >= 11 is 0. The van der Waals surface area contributed by atoms with Crippen LogP contribution in [0.25, 0.3) is 145 Å². The van der Waals surface area contributed by atoms with Crippen LogP contribution in [0.4, 0.5) is 0 Å². The van der Waals surface area contributed by atoms with Crippen LogP contribution in [0, 0.1) is 51.4 Å². The van der Waals surface area contributed by atoms with E-state index in [-0.39, 0.29) is 26.1 Å². The minimum atomic E-state index is -0.470. The third kappa shape index (κ3) is 26.0. The number of allylic oxidation sites excluding steroid dienone is 8. The number of carbonyl (C=O) groups is 2. The van der Waals surface area contributed by atoms with Gasteiger partial charge < -0.3 is 29.4 Å².